The highest BCUT2D eigenvalue weighted by molar-refractivity contribution is 6.10. The number of fused-ring (bicyclic) bond motifs is 3. The summed E-state index contributed by atoms with van der Waals surface area (Å²) in [6.45, 7) is 6.55. The molecule has 0 aliphatic heterocycles. The lowest BCUT2D eigenvalue weighted by molar-refractivity contribution is -0.384. The highest BCUT2D eigenvalue weighted by Gasteiger charge is 2.20. The Hall–Kier alpha value is -4.26. The van der Waals surface area contributed by atoms with Crippen LogP contribution in [0.2, 0.25) is 0 Å². The number of hydrogen-bond acceptors (Lipinski definition) is 5. The molecule has 2 aromatic heterocycles. The van der Waals surface area contributed by atoms with E-state index in [-0.39, 0.29) is 11.1 Å². The van der Waals surface area contributed by atoms with Crippen LogP contribution in [0.15, 0.2) is 72.9 Å². The number of benzene rings is 3. The lowest BCUT2D eigenvalue weighted by Gasteiger charge is -2.19. The zero-order chi connectivity index (χ0) is 24.0. The minimum Gasteiger partial charge on any atom is -0.494 e. The van der Waals surface area contributed by atoms with E-state index in [2.05, 4.69) is 50.0 Å². The van der Waals surface area contributed by atoms with Crippen molar-refractivity contribution >= 4 is 27.5 Å². The van der Waals surface area contributed by atoms with Gasteiger partial charge in [0, 0.05) is 34.7 Å². The largest absolute Gasteiger partial charge is 0.494 e. The Morgan fingerprint density at radius 3 is 2.26 bits per heavy atom. The summed E-state index contributed by atoms with van der Waals surface area (Å²) >= 11 is 0. The highest BCUT2D eigenvalue weighted by atomic mass is 16.6. The minimum atomic E-state index is -0.404. The van der Waals surface area contributed by atoms with Crippen LogP contribution in [0.3, 0.4) is 0 Å². The Morgan fingerprint density at radius 1 is 0.941 bits per heavy atom. The van der Waals surface area contributed by atoms with Crippen molar-refractivity contribution in [2.24, 2.45) is 0 Å². The fraction of sp³-hybridized carbons (Fsp3) is 0.185. The van der Waals surface area contributed by atoms with Gasteiger partial charge in [0.15, 0.2) is 0 Å². The van der Waals surface area contributed by atoms with Crippen molar-refractivity contribution in [1.29, 1.82) is 0 Å². The maximum atomic E-state index is 11.1. The van der Waals surface area contributed by atoms with Crippen molar-refractivity contribution < 1.29 is 9.66 Å². The molecule has 0 saturated heterocycles. The highest BCUT2D eigenvalue weighted by Crippen LogP contribution is 2.36. The van der Waals surface area contributed by atoms with Crippen LogP contribution < -0.4 is 4.74 Å². The van der Waals surface area contributed by atoms with Crippen LogP contribution in [0.4, 0.5) is 5.69 Å². The summed E-state index contributed by atoms with van der Waals surface area (Å²) in [6.07, 6.45) is 1.80. The van der Waals surface area contributed by atoms with E-state index in [9.17, 15) is 10.1 Å². The lowest BCUT2D eigenvalue weighted by Crippen LogP contribution is -2.11. The van der Waals surface area contributed by atoms with E-state index in [1.807, 2.05) is 22.9 Å². The van der Waals surface area contributed by atoms with Crippen LogP contribution in [-0.4, -0.2) is 26.8 Å². The molecule has 3 aromatic carbocycles. The number of rotatable bonds is 4. The van der Waals surface area contributed by atoms with Crippen LogP contribution in [0.5, 0.6) is 5.75 Å². The van der Waals surface area contributed by atoms with Gasteiger partial charge in [0.25, 0.3) is 5.69 Å². The first-order valence-corrected chi connectivity index (χ1v) is 11.0. The van der Waals surface area contributed by atoms with Crippen molar-refractivity contribution in [2.75, 3.05) is 7.11 Å². The Kier molecular flexibility index (Phi) is 5.05. The molecule has 2 heterocycles. The summed E-state index contributed by atoms with van der Waals surface area (Å²) in [4.78, 5) is 15.4. The fourth-order valence-electron chi connectivity index (χ4n) is 4.20. The molecule has 0 saturated carbocycles. The smallest absolute Gasteiger partial charge is 0.269 e. The lowest BCUT2D eigenvalue weighted by atomic mass is 9.87. The predicted octanol–water partition coefficient (Wildman–Crippen LogP) is 6.46. The molecule has 5 aromatic rings. The van der Waals surface area contributed by atoms with Gasteiger partial charge < -0.3 is 4.74 Å². The van der Waals surface area contributed by atoms with E-state index in [0.717, 1.165) is 33.1 Å². The monoisotopic (exact) mass is 452 g/mol. The average Bonchev–Trinajstić information content (AvgIpc) is 3.23. The third-order valence-electron chi connectivity index (χ3n) is 6.05. The second-order valence-corrected chi connectivity index (χ2v) is 9.24. The van der Waals surface area contributed by atoms with Crippen molar-refractivity contribution in [3.8, 4) is 22.7 Å². The van der Waals surface area contributed by atoms with E-state index in [1.54, 1.807) is 25.4 Å². The Morgan fingerprint density at radius 2 is 1.65 bits per heavy atom. The van der Waals surface area contributed by atoms with Crippen molar-refractivity contribution in [2.45, 2.75) is 26.2 Å². The Labute approximate surface area is 196 Å². The second-order valence-electron chi connectivity index (χ2n) is 9.24. The number of ether oxygens (including phenoxy) is 1. The fourth-order valence-corrected chi connectivity index (χ4v) is 4.20. The van der Waals surface area contributed by atoms with Crippen LogP contribution in [0, 0.1) is 10.1 Å². The molecule has 7 heteroatoms. The van der Waals surface area contributed by atoms with Crippen LogP contribution in [0.25, 0.3) is 38.8 Å². The number of nitro benzene ring substituents is 1. The van der Waals surface area contributed by atoms with Gasteiger partial charge >= 0.3 is 0 Å². The molecule has 0 aliphatic carbocycles. The van der Waals surface area contributed by atoms with Crippen LogP contribution in [-0.2, 0) is 5.41 Å². The normalized spacial score (nSPS) is 11.8. The predicted molar refractivity (Wildman–Crippen MR) is 134 cm³/mol. The summed E-state index contributed by atoms with van der Waals surface area (Å²) in [7, 11) is 1.63. The minimum absolute atomic E-state index is 0.0403. The van der Waals surface area contributed by atoms with Crippen LogP contribution >= 0.6 is 0 Å². The Bertz CT molecular complexity index is 1530. The van der Waals surface area contributed by atoms with Crippen molar-refractivity contribution in [1.82, 2.24) is 14.8 Å². The summed E-state index contributed by atoms with van der Waals surface area (Å²) in [5.41, 5.74) is 5.38. The van der Waals surface area contributed by atoms with Gasteiger partial charge in [-0.2, -0.15) is 5.10 Å². The first kappa shape index (κ1) is 21.6. The number of methoxy groups -OCH3 is 1. The molecule has 0 amide bonds. The standard InChI is InChI=1S/C27H24N4O3/c1-27(2,3)18-10-14-19(15-11-18)30-26-21-6-5-7-23(34-4)25(21)28-16-22(26)24(29-30)17-8-12-20(13-9-17)31(32)33/h5-16H,1-4H3. The van der Waals surface area contributed by atoms with Crippen molar-refractivity contribution in [3.05, 3.63) is 88.6 Å². The third-order valence-corrected chi connectivity index (χ3v) is 6.05. The quantitative estimate of drug-likeness (QED) is 0.231. The average molecular weight is 453 g/mol. The number of nitrogens with zero attached hydrogens (tertiary/aromatic N) is 4. The van der Waals surface area contributed by atoms with E-state index < -0.39 is 4.92 Å². The van der Waals surface area contributed by atoms with Gasteiger partial charge in [0.05, 0.1) is 23.2 Å². The first-order valence-electron chi connectivity index (χ1n) is 11.0. The molecule has 34 heavy (non-hydrogen) atoms. The van der Waals surface area contributed by atoms with E-state index in [4.69, 9.17) is 9.84 Å². The van der Waals surface area contributed by atoms with Gasteiger partial charge in [0.2, 0.25) is 0 Å². The number of para-hydroxylation sites is 1. The molecule has 0 atom stereocenters. The van der Waals surface area contributed by atoms with Gasteiger partial charge in [-0.25, -0.2) is 4.68 Å². The zero-order valence-electron chi connectivity index (χ0n) is 19.4. The number of aromatic nitrogens is 3. The molecule has 0 aliphatic rings. The molecule has 7 nitrogen and oxygen atoms in total. The molecular formula is C27H24N4O3. The summed E-state index contributed by atoms with van der Waals surface area (Å²) < 4.78 is 7.46. The summed E-state index contributed by atoms with van der Waals surface area (Å²) in [6, 6.07) is 20.7. The number of hydrogen-bond donors (Lipinski definition) is 0. The Balaban J connectivity index is 1.79. The van der Waals surface area contributed by atoms with Gasteiger partial charge in [0.1, 0.15) is 17.0 Å². The van der Waals surface area contributed by atoms with Gasteiger partial charge in [-0.05, 0) is 41.3 Å². The maximum Gasteiger partial charge on any atom is 0.269 e. The maximum absolute atomic E-state index is 11.1. The molecule has 0 spiro atoms. The SMILES string of the molecule is COc1cccc2c1ncc1c(-c3ccc([N+](=O)[O-])cc3)nn(-c3ccc(C(C)(C)C)cc3)c12. The van der Waals surface area contributed by atoms with E-state index in [0.29, 0.717) is 11.4 Å². The third kappa shape index (κ3) is 3.55. The van der Waals surface area contributed by atoms with E-state index >= 15 is 0 Å². The molecule has 170 valence electrons. The van der Waals surface area contributed by atoms with Gasteiger partial charge in [-0.1, -0.05) is 45.0 Å². The van der Waals surface area contributed by atoms with Crippen molar-refractivity contribution in [3.63, 3.8) is 0 Å². The molecule has 0 unspecified atom stereocenters. The molecule has 5 rings (SSSR count). The molecule has 0 fully saturated rings. The second kappa shape index (κ2) is 7.95. The van der Waals surface area contributed by atoms with E-state index in [1.165, 1.54) is 17.7 Å². The number of nitro groups is 1. The molecule has 0 bridgehead atoms. The number of non-ortho nitro benzene ring substituents is 1. The number of pyridine rings is 1. The first-order chi connectivity index (χ1) is 16.3. The zero-order valence-corrected chi connectivity index (χ0v) is 19.4. The van der Waals surface area contributed by atoms with Gasteiger partial charge in [-0.15, -0.1) is 0 Å². The molecular weight excluding hydrogens is 428 g/mol. The van der Waals surface area contributed by atoms with Crippen LogP contribution in [0.1, 0.15) is 26.3 Å². The molecule has 0 N–H and O–H groups in total. The molecule has 0 radical (unpaired) electrons. The topological polar surface area (TPSA) is 83.1 Å². The van der Waals surface area contributed by atoms with Gasteiger partial charge in [-0.3, -0.25) is 15.1 Å². The summed E-state index contributed by atoms with van der Waals surface area (Å²) in [5.74, 6) is 0.687. The summed E-state index contributed by atoms with van der Waals surface area (Å²) in [5, 5.41) is 17.9.